The zero-order chi connectivity index (χ0) is 22.0. The van der Waals surface area contributed by atoms with Gasteiger partial charge in [0.15, 0.2) is 6.10 Å². The zero-order valence-corrected chi connectivity index (χ0v) is 17.5. The highest BCUT2D eigenvalue weighted by Crippen LogP contribution is 2.37. The summed E-state index contributed by atoms with van der Waals surface area (Å²) in [4.78, 5) is 37.7. The number of nitrogens with zero attached hydrogens (tertiary/aromatic N) is 2. The molecule has 1 aliphatic heterocycles. The van der Waals surface area contributed by atoms with Crippen LogP contribution < -0.4 is 15.0 Å². The van der Waals surface area contributed by atoms with Crippen LogP contribution in [0.25, 0.3) is 0 Å². The summed E-state index contributed by atoms with van der Waals surface area (Å²) in [7, 11) is 0. The number of non-ortho nitro benzene ring substituents is 1. The molecular formula is C22H25N3O5. The molecule has 0 spiro atoms. The first-order chi connectivity index (χ1) is 14.2. The van der Waals surface area contributed by atoms with E-state index in [1.165, 1.54) is 23.1 Å². The lowest BCUT2D eigenvalue weighted by Gasteiger charge is -2.33. The van der Waals surface area contributed by atoms with E-state index in [9.17, 15) is 19.7 Å². The minimum atomic E-state index is -0.739. The van der Waals surface area contributed by atoms with Crippen LogP contribution in [0.2, 0.25) is 0 Å². The number of amides is 2. The second-order valence-electron chi connectivity index (χ2n) is 7.59. The molecular weight excluding hydrogens is 386 g/mol. The molecule has 0 bridgehead atoms. The fraction of sp³-hybridized carbons (Fsp3) is 0.364. The molecule has 2 amide bonds. The van der Waals surface area contributed by atoms with Gasteiger partial charge in [0.2, 0.25) is 5.91 Å². The summed E-state index contributed by atoms with van der Waals surface area (Å²) in [6.07, 6.45) is -0.320. The molecule has 0 aromatic heterocycles. The van der Waals surface area contributed by atoms with E-state index in [2.05, 4.69) is 5.32 Å². The number of nitro groups is 1. The van der Waals surface area contributed by atoms with E-state index in [-0.39, 0.29) is 29.7 Å². The number of hydrogen-bond donors (Lipinski definition) is 1. The molecule has 8 heteroatoms. The summed E-state index contributed by atoms with van der Waals surface area (Å²) in [6.45, 7) is 7.53. The fourth-order valence-electron chi connectivity index (χ4n) is 3.51. The zero-order valence-electron chi connectivity index (χ0n) is 17.5. The smallest absolute Gasteiger partial charge is 0.271 e. The number of fused-ring (bicyclic) bond motifs is 1. The van der Waals surface area contributed by atoms with Crippen molar-refractivity contribution in [2.24, 2.45) is 0 Å². The van der Waals surface area contributed by atoms with Crippen LogP contribution in [-0.2, 0) is 9.59 Å². The Kier molecular flexibility index (Phi) is 6.05. The van der Waals surface area contributed by atoms with E-state index in [0.717, 1.165) is 16.8 Å². The first-order valence-electron chi connectivity index (χ1n) is 9.88. The van der Waals surface area contributed by atoms with Gasteiger partial charge in [0.05, 0.1) is 10.6 Å². The Balaban J connectivity index is 1.92. The first kappa shape index (κ1) is 21.3. The van der Waals surface area contributed by atoms with Gasteiger partial charge in [-0.25, -0.2) is 0 Å². The normalized spacial score (nSPS) is 15.6. The van der Waals surface area contributed by atoms with Gasteiger partial charge in [0, 0.05) is 17.8 Å². The SMILES string of the molecule is CCC1Oc2ccc([N+](=O)[O-])cc2N(CC(=O)Nc2c(C)cccc2C(C)C)C1=O. The Morgan fingerprint density at radius 2 is 2.03 bits per heavy atom. The lowest BCUT2D eigenvalue weighted by Crippen LogP contribution is -2.48. The number of carbonyl (C=O) groups excluding carboxylic acids is 2. The third-order valence-corrected chi connectivity index (χ3v) is 5.12. The van der Waals surface area contributed by atoms with Crippen molar-refractivity contribution >= 4 is 28.9 Å². The fourth-order valence-corrected chi connectivity index (χ4v) is 3.51. The molecule has 8 nitrogen and oxygen atoms in total. The van der Waals surface area contributed by atoms with Crippen LogP contribution in [-0.4, -0.2) is 29.4 Å². The predicted octanol–water partition coefficient (Wildman–Crippen LogP) is 4.17. The summed E-state index contributed by atoms with van der Waals surface area (Å²) >= 11 is 0. The van der Waals surface area contributed by atoms with Crippen LogP contribution >= 0.6 is 0 Å². The van der Waals surface area contributed by atoms with Crippen LogP contribution in [0.15, 0.2) is 36.4 Å². The molecule has 158 valence electrons. The average Bonchev–Trinajstić information content (AvgIpc) is 2.70. The lowest BCUT2D eigenvalue weighted by molar-refractivity contribution is -0.384. The summed E-state index contributed by atoms with van der Waals surface area (Å²) in [6, 6.07) is 9.85. The molecule has 1 N–H and O–H groups in total. The number of nitrogens with one attached hydrogen (secondary N) is 1. The van der Waals surface area contributed by atoms with Gasteiger partial charge >= 0.3 is 0 Å². The molecule has 1 heterocycles. The van der Waals surface area contributed by atoms with E-state index >= 15 is 0 Å². The van der Waals surface area contributed by atoms with Crippen LogP contribution in [0, 0.1) is 17.0 Å². The van der Waals surface area contributed by atoms with Crippen molar-refractivity contribution in [2.45, 2.75) is 46.1 Å². The highest BCUT2D eigenvalue weighted by molar-refractivity contribution is 6.06. The Bertz CT molecular complexity index is 1000. The summed E-state index contributed by atoms with van der Waals surface area (Å²) < 4.78 is 5.68. The first-order valence-corrected chi connectivity index (χ1v) is 9.88. The third kappa shape index (κ3) is 4.12. The number of ether oxygens (including phenoxy) is 1. The minimum absolute atomic E-state index is 0.175. The monoisotopic (exact) mass is 411 g/mol. The highest BCUT2D eigenvalue weighted by Gasteiger charge is 2.35. The quantitative estimate of drug-likeness (QED) is 0.568. The van der Waals surface area contributed by atoms with Crippen molar-refractivity contribution in [3.05, 3.63) is 57.6 Å². The van der Waals surface area contributed by atoms with Crippen LogP contribution in [0.3, 0.4) is 0 Å². The van der Waals surface area contributed by atoms with Gasteiger partial charge in [-0.3, -0.25) is 24.6 Å². The number of rotatable bonds is 6. The summed E-state index contributed by atoms with van der Waals surface area (Å²) in [5, 5.41) is 14.1. The van der Waals surface area contributed by atoms with Crippen molar-refractivity contribution < 1.29 is 19.2 Å². The second-order valence-corrected chi connectivity index (χ2v) is 7.59. The number of nitro benzene ring substituents is 1. The molecule has 2 aromatic carbocycles. The molecule has 1 unspecified atom stereocenters. The standard InChI is InChI=1S/C22H25N3O5/c1-5-18-22(27)24(17-11-15(25(28)29)9-10-19(17)30-18)12-20(26)23-21-14(4)7-6-8-16(21)13(2)3/h6-11,13,18H,5,12H2,1-4H3,(H,23,26). The molecule has 3 rings (SSSR count). The van der Waals surface area contributed by atoms with Gasteiger partial charge in [0.25, 0.3) is 11.6 Å². The third-order valence-electron chi connectivity index (χ3n) is 5.12. The highest BCUT2D eigenvalue weighted by atomic mass is 16.6. The number of carbonyl (C=O) groups is 2. The molecule has 1 atom stereocenters. The predicted molar refractivity (Wildman–Crippen MR) is 114 cm³/mol. The number of hydrogen-bond acceptors (Lipinski definition) is 5. The van der Waals surface area contributed by atoms with Crippen LogP contribution in [0.4, 0.5) is 17.1 Å². The maximum atomic E-state index is 12.9. The van der Waals surface area contributed by atoms with E-state index in [1.807, 2.05) is 39.0 Å². The van der Waals surface area contributed by atoms with Gasteiger partial charge in [-0.05, 0) is 36.5 Å². The van der Waals surface area contributed by atoms with Crippen LogP contribution in [0.5, 0.6) is 5.75 Å². The Hall–Kier alpha value is -3.42. The largest absolute Gasteiger partial charge is 0.478 e. The Morgan fingerprint density at radius 3 is 2.67 bits per heavy atom. The Labute approximate surface area is 175 Å². The lowest BCUT2D eigenvalue weighted by atomic mass is 9.98. The van der Waals surface area contributed by atoms with E-state index in [1.54, 1.807) is 6.92 Å². The molecule has 0 saturated heterocycles. The van der Waals surface area contributed by atoms with Crippen molar-refractivity contribution in [2.75, 3.05) is 16.8 Å². The van der Waals surface area contributed by atoms with Gasteiger partial charge in [0.1, 0.15) is 12.3 Å². The van der Waals surface area contributed by atoms with Gasteiger partial charge in [-0.1, -0.05) is 39.0 Å². The van der Waals surface area contributed by atoms with Gasteiger partial charge in [-0.15, -0.1) is 0 Å². The van der Waals surface area contributed by atoms with Crippen molar-refractivity contribution in [1.82, 2.24) is 0 Å². The molecule has 0 radical (unpaired) electrons. The number of aryl methyl sites for hydroxylation is 1. The molecule has 0 aliphatic carbocycles. The van der Waals surface area contributed by atoms with Crippen LogP contribution in [0.1, 0.15) is 44.2 Å². The topological polar surface area (TPSA) is 102 Å². The number of para-hydroxylation sites is 1. The van der Waals surface area contributed by atoms with E-state index < -0.39 is 16.9 Å². The van der Waals surface area contributed by atoms with Crippen molar-refractivity contribution in [3.8, 4) is 5.75 Å². The minimum Gasteiger partial charge on any atom is -0.478 e. The van der Waals surface area contributed by atoms with E-state index in [0.29, 0.717) is 12.2 Å². The van der Waals surface area contributed by atoms with Crippen molar-refractivity contribution in [1.29, 1.82) is 0 Å². The maximum Gasteiger partial charge on any atom is 0.271 e. The summed E-state index contributed by atoms with van der Waals surface area (Å²) in [5.74, 6) is -0.222. The van der Waals surface area contributed by atoms with Gasteiger partial charge in [-0.2, -0.15) is 0 Å². The number of benzene rings is 2. The van der Waals surface area contributed by atoms with Gasteiger partial charge < -0.3 is 10.1 Å². The molecule has 0 saturated carbocycles. The van der Waals surface area contributed by atoms with Crippen molar-refractivity contribution in [3.63, 3.8) is 0 Å². The average molecular weight is 411 g/mol. The second kappa shape index (κ2) is 8.52. The summed E-state index contributed by atoms with van der Waals surface area (Å²) in [5.41, 5.74) is 2.70. The number of anilines is 2. The molecule has 1 aliphatic rings. The molecule has 0 fully saturated rings. The Morgan fingerprint density at radius 1 is 1.30 bits per heavy atom. The maximum absolute atomic E-state index is 12.9. The molecule has 30 heavy (non-hydrogen) atoms. The molecule has 2 aromatic rings. The van der Waals surface area contributed by atoms with E-state index in [4.69, 9.17) is 4.74 Å².